The molecular formula is C25H22F3N3O8S. The Balaban J connectivity index is 1.42. The first-order valence-corrected chi connectivity index (χ1v) is 12.7. The van der Waals surface area contributed by atoms with Crippen LogP contribution in [0.1, 0.15) is 16.3 Å². The maximum atomic E-state index is 13.2. The second kappa shape index (κ2) is 10.8. The molecule has 5 atom stereocenters. The van der Waals surface area contributed by atoms with Gasteiger partial charge in [-0.05, 0) is 24.3 Å². The summed E-state index contributed by atoms with van der Waals surface area (Å²) in [6.07, 6.45) is -13.2. The van der Waals surface area contributed by atoms with Crippen molar-refractivity contribution in [1.82, 2.24) is 14.8 Å². The number of aliphatic hydroxyl groups is 4. The number of benzene rings is 2. The lowest BCUT2D eigenvalue weighted by molar-refractivity contribution is -0.292. The molecule has 11 nitrogen and oxygen atoms in total. The van der Waals surface area contributed by atoms with Crippen molar-refractivity contribution in [2.24, 2.45) is 0 Å². The molecule has 15 heteroatoms. The van der Waals surface area contributed by atoms with Gasteiger partial charge in [-0.15, -0.1) is 11.3 Å². The predicted octanol–water partition coefficient (Wildman–Crippen LogP) is 0.959. The van der Waals surface area contributed by atoms with Crippen molar-refractivity contribution < 1.29 is 47.9 Å². The van der Waals surface area contributed by atoms with Crippen LogP contribution in [0, 0.1) is 0 Å². The van der Waals surface area contributed by atoms with E-state index in [0.29, 0.717) is 15.1 Å². The Bertz CT molecular complexity index is 1620. The van der Waals surface area contributed by atoms with Gasteiger partial charge in [-0.25, -0.2) is 9.67 Å². The Labute approximate surface area is 226 Å². The van der Waals surface area contributed by atoms with Crippen LogP contribution >= 0.6 is 11.3 Å². The van der Waals surface area contributed by atoms with Crippen LogP contribution in [0.3, 0.4) is 0 Å². The van der Waals surface area contributed by atoms with E-state index in [1.165, 1.54) is 12.1 Å². The Hall–Kier alpha value is -3.47. The molecule has 3 heterocycles. The molecule has 1 saturated heterocycles. The van der Waals surface area contributed by atoms with Gasteiger partial charge in [0.05, 0.1) is 46.4 Å². The minimum Gasteiger partial charge on any atom is -0.432 e. The lowest BCUT2D eigenvalue weighted by atomic mass is 9.99. The third-order valence-electron chi connectivity index (χ3n) is 6.40. The third-order valence-corrected chi connectivity index (χ3v) is 7.42. The fourth-order valence-electron chi connectivity index (χ4n) is 4.36. The normalized spacial score (nSPS) is 23.5. The summed E-state index contributed by atoms with van der Waals surface area (Å²) in [4.78, 5) is 30.2. The van der Waals surface area contributed by atoms with Crippen LogP contribution < -0.4 is 5.56 Å². The molecule has 0 bridgehead atoms. The van der Waals surface area contributed by atoms with E-state index in [0.717, 1.165) is 28.2 Å². The van der Waals surface area contributed by atoms with Gasteiger partial charge in [0.15, 0.2) is 0 Å². The molecule has 2 aromatic carbocycles. The molecule has 5 rings (SSSR count). The quantitative estimate of drug-likeness (QED) is 0.241. The SMILES string of the molecule is O=C(Cc1nn(Cc2nc3cc(C(F)(F)F)ccc3s2)c(=O)c2ccccc12)O[C@@H]1O[C@H](CO)[C@@H](O)[C@H](O)[C@H]1O. The van der Waals surface area contributed by atoms with Crippen LogP contribution in [0.25, 0.3) is 21.0 Å². The number of hydrogen-bond acceptors (Lipinski definition) is 11. The molecular weight excluding hydrogens is 559 g/mol. The Morgan fingerprint density at radius 2 is 1.80 bits per heavy atom. The minimum atomic E-state index is -4.53. The molecule has 1 aliphatic rings. The van der Waals surface area contributed by atoms with Crippen molar-refractivity contribution in [1.29, 1.82) is 0 Å². The highest BCUT2D eigenvalue weighted by molar-refractivity contribution is 7.18. The van der Waals surface area contributed by atoms with Crippen LogP contribution in [0.2, 0.25) is 0 Å². The van der Waals surface area contributed by atoms with Crippen molar-refractivity contribution in [3.8, 4) is 0 Å². The summed E-state index contributed by atoms with van der Waals surface area (Å²) in [5.74, 6) is -0.952. The van der Waals surface area contributed by atoms with Crippen molar-refractivity contribution >= 4 is 38.3 Å². The van der Waals surface area contributed by atoms with Crippen molar-refractivity contribution in [2.45, 2.75) is 49.8 Å². The molecule has 40 heavy (non-hydrogen) atoms. The molecule has 0 unspecified atom stereocenters. The predicted molar refractivity (Wildman–Crippen MR) is 133 cm³/mol. The molecule has 4 aromatic rings. The topological polar surface area (TPSA) is 164 Å². The molecule has 4 N–H and O–H groups in total. The lowest BCUT2D eigenvalue weighted by Crippen LogP contribution is -2.59. The second-order valence-corrected chi connectivity index (χ2v) is 10.2. The van der Waals surface area contributed by atoms with E-state index in [2.05, 4.69) is 10.1 Å². The van der Waals surface area contributed by atoms with E-state index >= 15 is 0 Å². The van der Waals surface area contributed by atoms with E-state index in [9.17, 15) is 43.2 Å². The van der Waals surface area contributed by atoms with E-state index in [1.807, 2.05) is 0 Å². The molecule has 1 fully saturated rings. The van der Waals surface area contributed by atoms with Crippen LogP contribution in [-0.2, 0) is 33.4 Å². The number of carbonyl (C=O) groups excluding carboxylic acids is 1. The van der Waals surface area contributed by atoms with Gasteiger partial charge >= 0.3 is 12.1 Å². The van der Waals surface area contributed by atoms with E-state index < -0.39 is 67.0 Å². The van der Waals surface area contributed by atoms with E-state index in [-0.39, 0.29) is 23.1 Å². The summed E-state index contributed by atoms with van der Waals surface area (Å²) in [5, 5.41) is 44.5. The van der Waals surface area contributed by atoms with Crippen molar-refractivity contribution in [2.75, 3.05) is 6.61 Å². The summed E-state index contributed by atoms with van der Waals surface area (Å²) in [6.45, 7) is -0.890. The summed E-state index contributed by atoms with van der Waals surface area (Å²) in [6, 6.07) is 9.51. The van der Waals surface area contributed by atoms with E-state index in [1.54, 1.807) is 18.2 Å². The van der Waals surface area contributed by atoms with Gasteiger partial charge < -0.3 is 29.9 Å². The number of fused-ring (bicyclic) bond motifs is 2. The fraction of sp³-hybridized carbons (Fsp3) is 0.360. The van der Waals surface area contributed by atoms with Gasteiger partial charge in [0.25, 0.3) is 5.56 Å². The van der Waals surface area contributed by atoms with Crippen molar-refractivity contribution in [3.05, 3.63) is 69.1 Å². The first-order chi connectivity index (χ1) is 19.0. The van der Waals surface area contributed by atoms with Gasteiger partial charge in [-0.1, -0.05) is 18.2 Å². The number of nitrogens with zero attached hydrogens (tertiary/aromatic N) is 3. The zero-order chi connectivity index (χ0) is 28.8. The number of halogens is 3. The number of hydrogen-bond donors (Lipinski definition) is 4. The van der Waals surface area contributed by atoms with Gasteiger partial charge in [-0.3, -0.25) is 9.59 Å². The first-order valence-electron chi connectivity index (χ1n) is 11.9. The number of carbonyl (C=O) groups is 1. The Kier molecular flexibility index (Phi) is 7.60. The molecule has 0 radical (unpaired) electrons. The maximum Gasteiger partial charge on any atom is 0.416 e. The number of rotatable bonds is 6. The average molecular weight is 582 g/mol. The maximum absolute atomic E-state index is 13.2. The lowest BCUT2D eigenvalue weighted by Gasteiger charge is -2.39. The Morgan fingerprint density at radius 3 is 2.50 bits per heavy atom. The van der Waals surface area contributed by atoms with Crippen LogP contribution in [0.15, 0.2) is 47.3 Å². The summed E-state index contributed by atoms with van der Waals surface area (Å²) < 4.78 is 51.1. The first kappa shape index (κ1) is 28.1. The van der Waals surface area contributed by atoms with E-state index in [4.69, 9.17) is 9.47 Å². The number of alkyl halides is 3. The number of aliphatic hydroxyl groups excluding tert-OH is 4. The molecule has 0 saturated carbocycles. The fourth-order valence-corrected chi connectivity index (χ4v) is 5.29. The monoisotopic (exact) mass is 581 g/mol. The zero-order valence-electron chi connectivity index (χ0n) is 20.4. The number of aromatic nitrogens is 3. The van der Waals surface area contributed by atoms with Crippen LogP contribution in [-0.4, -0.2) is 78.5 Å². The smallest absolute Gasteiger partial charge is 0.416 e. The molecule has 0 amide bonds. The van der Waals surface area contributed by atoms with Crippen molar-refractivity contribution in [3.63, 3.8) is 0 Å². The highest BCUT2D eigenvalue weighted by Crippen LogP contribution is 2.33. The summed E-state index contributed by atoms with van der Waals surface area (Å²) in [7, 11) is 0. The molecule has 2 aromatic heterocycles. The van der Waals surface area contributed by atoms with Gasteiger partial charge in [-0.2, -0.15) is 18.3 Å². The second-order valence-electron chi connectivity index (χ2n) is 9.11. The highest BCUT2D eigenvalue weighted by Gasteiger charge is 2.45. The zero-order valence-corrected chi connectivity index (χ0v) is 21.2. The average Bonchev–Trinajstić information content (AvgIpc) is 3.33. The number of thiazole rings is 1. The molecule has 212 valence electrons. The van der Waals surface area contributed by atoms with Gasteiger partial charge in [0.1, 0.15) is 29.4 Å². The summed E-state index contributed by atoms with van der Waals surface area (Å²) >= 11 is 1.09. The standard InChI is InChI=1S/C25H22F3N3O8S/c26-25(27,28)11-5-6-17-15(7-11)29-18(40-17)9-31-23(37)13-4-2-1-3-12(13)14(30-31)8-19(33)39-24-22(36)21(35)20(34)16(10-32)38-24/h1-7,16,20-22,24,32,34-36H,8-10H2/t16-,20-,21+,22-,24+/m1/s1. The molecule has 0 aliphatic carbocycles. The Morgan fingerprint density at radius 1 is 1.07 bits per heavy atom. The summed E-state index contributed by atoms with van der Waals surface area (Å²) in [5.41, 5.74) is -1.13. The van der Waals surface area contributed by atoms with Gasteiger partial charge in [0, 0.05) is 5.39 Å². The largest absolute Gasteiger partial charge is 0.432 e. The number of esters is 1. The third kappa shape index (κ3) is 5.43. The van der Waals surface area contributed by atoms with Gasteiger partial charge in [0.2, 0.25) is 6.29 Å². The number of ether oxygens (including phenoxy) is 2. The highest BCUT2D eigenvalue weighted by atomic mass is 32.1. The minimum absolute atomic E-state index is 0.116. The van der Waals surface area contributed by atoms with Crippen LogP contribution in [0.4, 0.5) is 13.2 Å². The molecule has 1 aliphatic heterocycles. The molecule has 0 spiro atoms. The van der Waals surface area contributed by atoms with Crippen LogP contribution in [0.5, 0.6) is 0 Å².